The largest absolute Gasteiger partial charge is 0.331 e. The molecule has 1 heterocycles. The van der Waals surface area contributed by atoms with E-state index in [1.807, 2.05) is 46.2 Å². The van der Waals surface area contributed by atoms with E-state index in [1.165, 1.54) is 0 Å². The van der Waals surface area contributed by atoms with Gasteiger partial charge in [-0.25, -0.2) is 10.1 Å². The molecule has 0 unspecified atom stereocenters. The van der Waals surface area contributed by atoms with Crippen molar-refractivity contribution in [2.75, 3.05) is 13.1 Å². The molecule has 3 rings (SSSR count). The van der Waals surface area contributed by atoms with Gasteiger partial charge in [-0.1, -0.05) is 47.5 Å². The Balaban J connectivity index is 1.79. The molecule has 1 saturated heterocycles. The second kappa shape index (κ2) is 7.72. The minimum Gasteiger partial charge on any atom is -0.331 e. The van der Waals surface area contributed by atoms with Gasteiger partial charge in [0.1, 0.15) is 5.10 Å². The van der Waals surface area contributed by atoms with E-state index in [1.54, 1.807) is 12.1 Å². The summed E-state index contributed by atoms with van der Waals surface area (Å²) in [6, 6.07) is 14.9. The van der Waals surface area contributed by atoms with Crippen molar-refractivity contribution >= 4 is 29.2 Å². The lowest BCUT2D eigenvalue weighted by atomic mass is 10.2. The molecule has 8 heteroatoms. The summed E-state index contributed by atoms with van der Waals surface area (Å²) in [5.74, 6) is 0.352. The highest BCUT2D eigenvalue weighted by Crippen LogP contribution is 2.20. The molecule has 0 saturated carbocycles. The lowest BCUT2D eigenvalue weighted by molar-refractivity contribution is -0.486. The number of rotatable bonds is 5. The number of hydrogen-bond donors (Lipinski definition) is 0. The molecule has 0 aromatic heterocycles. The number of guanidine groups is 1. The van der Waals surface area contributed by atoms with Crippen molar-refractivity contribution < 1.29 is 5.03 Å². The summed E-state index contributed by atoms with van der Waals surface area (Å²) in [7, 11) is 0. The SMILES string of the molecule is O=[N+]([O-])N=C1N(Cc2cccc(Cl)c2)CCN1Cc1cccc(Cl)c1. The Morgan fingerprint density at radius 3 is 1.84 bits per heavy atom. The number of hydrazone groups is 1. The summed E-state index contributed by atoms with van der Waals surface area (Å²) in [4.78, 5) is 14.8. The highest BCUT2D eigenvalue weighted by atomic mass is 35.5. The average molecular weight is 379 g/mol. The van der Waals surface area contributed by atoms with Crippen LogP contribution in [0, 0.1) is 10.1 Å². The molecule has 0 amide bonds. The van der Waals surface area contributed by atoms with Crippen LogP contribution in [0.3, 0.4) is 0 Å². The third-order valence-electron chi connectivity index (χ3n) is 3.90. The van der Waals surface area contributed by atoms with Gasteiger partial charge in [-0.2, -0.15) is 0 Å². The summed E-state index contributed by atoms with van der Waals surface area (Å²) in [6.45, 7) is 2.33. The van der Waals surface area contributed by atoms with E-state index in [2.05, 4.69) is 5.10 Å². The zero-order valence-electron chi connectivity index (χ0n) is 13.3. The predicted octanol–water partition coefficient (Wildman–Crippen LogP) is 3.86. The van der Waals surface area contributed by atoms with Gasteiger partial charge in [0.2, 0.25) is 0 Å². The summed E-state index contributed by atoms with van der Waals surface area (Å²) in [5, 5.41) is 15.2. The maximum atomic E-state index is 11.0. The standard InChI is InChI=1S/C17H16Cl2N4O2/c18-15-5-1-3-13(9-15)11-21-7-8-22(17(21)20-23(24)25)12-14-4-2-6-16(19)10-14/h1-6,9-10H,7-8,11-12H2. The fourth-order valence-corrected chi connectivity index (χ4v) is 3.28. The maximum Gasteiger partial charge on any atom is 0.274 e. The molecule has 6 nitrogen and oxygen atoms in total. The average Bonchev–Trinajstić information content (AvgIpc) is 2.89. The summed E-state index contributed by atoms with van der Waals surface area (Å²) < 4.78 is 0. The first kappa shape index (κ1) is 17.5. The first-order valence-electron chi connectivity index (χ1n) is 7.73. The maximum absolute atomic E-state index is 11.0. The van der Waals surface area contributed by atoms with E-state index in [0.717, 1.165) is 11.1 Å². The van der Waals surface area contributed by atoms with Gasteiger partial charge in [-0.15, -0.1) is 0 Å². The predicted molar refractivity (Wildman–Crippen MR) is 98.2 cm³/mol. The second-order valence-electron chi connectivity index (χ2n) is 5.74. The third kappa shape index (κ3) is 4.61. The molecule has 0 aliphatic carbocycles. The van der Waals surface area contributed by atoms with E-state index in [9.17, 15) is 10.1 Å². The van der Waals surface area contributed by atoms with Gasteiger partial charge in [0.05, 0.1) is 0 Å². The van der Waals surface area contributed by atoms with Crippen LogP contribution in [0.1, 0.15) is 11.1 Å². The molecular formula is C17H16Cl2N4O2. The van der Waals surface area contributed by atoms with E-state index < -0.39 is 5.03 Å². The van der Waals surface area contributed by atoms with Crippen LogP contribution < -0.4 is 0 Å². The van der Waals surface area contributed by atoms with Crippen LogP contribution in [-0.4, -0.2) is 33.9 Å². The molecule has 2 aromatic rings. The topological polar surface area (TPSA) is 62.0 Å². The molecule has 0 spiro atoms. The molecule has 2 aromatic carbocycles. The van der Waals surface area contributed by atoms with E-state index in [4.69, 9.17) is 23.2 Å². The van der Waals surface area contributed by atoms with Gasteiger partial charge in [0, 0.05) is 36.2 Å². The minimum absolute atomic E-state index is 0.352. The lowest BCUT2D eigenvalue weighted by Gasteiger charge is -2.21. The fourth-order valence-electron chi connectivity index (χ4n) is 2.85. The third-order valence-corrected chi connectivity index (χ3v) is 4.37. The van der Waals surface area contributed by atoms with Crippen LogP contribution in [0.4, 0.5) is 0 Å². The smallest absolute Gasteiger partial charge is 0.274 e. The molecule has 0 N–H and O–H groups in total. The molecule has 0 radical (unpaired) electrons. The molecule has 0 bridgehead atoms. The Labute approximate surface area is 155 Å². The number of halogens is 2. The number of nitrogens with zero attached hydrogens (tertiary/aromatic N) is 4. The van der Waals surface area contributed by atoms with Crippen LogP contribution >= 0.6 is 23.2 Å². The van der Waals surface area contributed by atoms with Crippen molar-refractivity contribution in [2.24, 2.45) is 5.10 Å². The Bertz CT molecular complexity index is 755. The normalized spacial score (nSPS) is 14.1. The Hall–Kier alpha value is -2.31. The first-order valence-corrected chi connectivity index (χ1v) is 8.48. The second-order valence-corrected chi connectivity index (χ2v) is 6.61. The number of hydrogen-bond acceptors (Lipinski definition) is 2. The summed E-state index contributed by atoms with van der Waals surface area (Å²) >= 11 is 12.0. The fraction of sp³-hybridized carbons (Fsp3) is 0.235. The van der Waals surface area contributed by atoms with Gasteiger partial charge in [0.15, 0.2) is 5.03 Å². The van der Waals surface area contributed by atoms with E-state index >= 15 is 0 Å². The minimum atomic E-state index is -0.656. The van der Waals surface area contributed by atoms with Crippen molar-refractivity contribution in [1.82, 2.24) is 9.80 Å². The molecular weight excluding hydrogens is 363 g/mol. The van der Waals surface area contributed by atoms with Gasteiger partial charge < -0.3 is 9.80 Å². The van der Waals surface area contributed by atoms with Crippen LogP contribution in [0.15, 0.2) is 53.6 Å². The number of nitro groups is 1. The lowest BCUT2D eigenvalue weighted by Crippen LogP contribution is -2.34. The molecule has 1 aliphatic rings. The van der Waals surface area contributed by atoms with E-state index in [-0.39, 0.29) is 0 Å². The van der Waals surface area contributed by atoms with Gasteiger partial charge in [0.25, 0.3) is 5.96 Å². The Kier molecular flexibility index (Phi) is 5.40. The zero-order valence-corrected chi connectivity index (χ0v) is 14.8. The van der Waals surface area contributed by atoms with Crippen molar-refractivity contribution in [3.63, 3.8) is 0 Å². The van der Waals surface area contributed by atoms with Crippen LogP contribution in [-0.2, 0) is 13.1 Å². The molecule has 25 heavy (non-hydrogen) atoms. The van der Waals surface area contributed by atoms with Gasteiger partial charge in [-0.05, 0) is 35.4 Å². The van der Waals surface area contributed by atoms with E-state index in [0.29, 0.717) is 42.2 Å². The van der Waals surface area contributed by atoms with Crippen molar-refractivity contribution in [3.05, 3.63) is 79.8 Å². The quantitative estimate of drug-likeness (QED) is 0.585. The highest BCUT2D eigenvalue weighted by Gasteiger charge is 2.29. The van der Waals surface area contributed by atoms with Crippen molar-refractivity contribution in [2.45, 2.75) is 13.1 Å². The van der Waals surface area contributed by atoms with Gasteiger partial charge >= 0.3 is 0 Å². The first-order chi connectivity index (χ1) is 12.0. The van der Waals surface area contributed by atoms with Crippen LogP contribution in [0.5, 0.6) is 0 Å². The number of benzene rings is 2. The molecule has 0 atom stereocenters. The van der Waals surface area contributed by atoms with Crippen LogP contribution in [0.2, 0.25) is 10.0 Å². The van der Waals surface area contributed by atoms with Crippen molar-refractivity contribution in [1.29, 1.82) is 0 Å². The summed E-state index contributed by atoms with van der Waals surface area (Å²) in [6.07, 6.45) is 0. The highest BCUT2D eigenvalue weighted by molar-refractivity contribution is 6.30. The monoisotopic (exact) mass is 378 g/mol. The summed E-state index contributed by atoms with van der Waals surface area (Å²) in [5.41, 5.74) is 1.96. The van der Waals surface area contributed by atoms with Crippen molar-refractivity contribution in [3.8, 4) is 0 Å². The Morgan fingerprint density at radius 1 is 0.960 bits per heavy atom. The van der Waals surface area contributed by atoms with Gasteiger partial charge in [-0.3, -0.25) is 0 Å². The Morgan fingerprint density at radius 2 is 1.44 bits per heavy atom. The zero-order chi connectivity index (χ0) is 17.8. The molecule has 1 fully saturated rings. The molecule has 130 valence electrons. The molecule has 1 aliphatic heterocycles. The van der Waals surface area contributed by atoms with Crippen LogP contribution in [0.25, 0.3) is 0 Å².